The number of rotatable bonds is 1. The van der Waals surface area contributed by atoms with Gasteiger partial charge in [0, 0.05) is 10.6 Å². The van der Waals surface area contributed by atoms with Gasteiger partial charge in [-0.05, 0) is 29.5 Å². The Bertz CT molecular complexity index is 328. The van der Waals surface area contributed by atoms with Crippen molar-refractivity contribution in [3.8, 4) is 0 Å². The van der Waals surface area contributed by atoms with Gasteiger partial charge in [-0.1, -0.05) is 37.6 Å². The minimum atomic E-state index is -0.127. The van der Waals surface area contributed by atoms with Gasteiger partial charge in [0.25, 0.3) is 0 Å². The van der Waals surface area contributed by atoms with E-state index in [1.807, 2.05) is 24.3 Å². The third-order valence-corrected chi connectivity index (χ3v) is 3.41. The molecule has 1 fully saturated rings. The summed E-state index contributed by atoms with van der Waals surface area (Å²) in [6.07, 6.45) is 1.06. The predicted octanol–water partition coefficient (Wildman–Crippen LogP) is 2.92. The Labute approximate surface area is 83.9 Å². The van der Waals surface area contributed by atoms with E-state index in [1.165, 1.54) is 5.56 Å². The van der Waals surface area contributed by atoms with Crippen LogP contribution in [0.25, 0.3) is 0 Å². The van der Waals surface area contributed by atoms with Gasteiger partial charge >= 0.3 is 0 Å². The van der Waals surface area contributed by atoms with Gasteiger partial charge in [0.05, 0.1) is 0 Å². The Balaban J connectivity index is 2.34. The molecule has 2 rings (SSSR count). The topological polar surface area (TPSA) is 26.0 Å². The van der Waals surface area contributed by atoms with Crippen LogP contribution >= 0.6 is 11.6 Å². The molecule has 13 heavy (non-hydrogen) atoms. The van der Waals surface area contributed by atoms with Crippen LogP contribution in [0.15, 0.2) is 24.3 Å². The van der Waals surface area contributed by atoms with Gasteiger partial charge in [0.1, 0.15) is 0 Å². The Kier molecular flexibility index (Phi) is 1.73. The molecule has 0 spiro atoms. The second kappa shape index (κ2) is 2.49. The molecule has 1 aromatic carbocycles. The third kappa shape index (κ3) is 1.27. The number of halogens is 1. The lowest BCUT2D eigenvalue weighted by Crippen LogP contribution is -2.25. The van der Waals surface area contributed by atoms with E-state index in [9.17, 15) is 0 Å². The van der Waals surface area contributed by atoms with E-state index in [1.54, 1.807) is 0 Å². The van der Waals surface area contributed by atoms with Crippen LogP contribution in [0.5, 0.6) is 0 Å². The van der Waals surface area contributed by atoms with Crippen molar-refractivity contribution in [3.05, 3.63) is 34.9 Å². The SMILES string of the molecule is CC1(C)CC1(N)c1ccc(Cl)cc1. The second-order valence-corrected chi connectivity index (χ2v) is 4.98. The summed E-state index contributed by atoms with van der Waals surface area (Å²) >= 11 is 5.81. The highest BCUT2D eigenvalue weighted by Gasteiger charge is 2.59. The lowest BCUT2D eigenvalue weighted by molar-refractivity contribution is 0.510. The van der Waals surface area contributed by atoms with Crippen molar-refractivity contribution in [3.63, 3.8) is 0 Å². The van der Waals surface area contributed by atoms with E-state index < -0.39 is 0 Å². The zero-order valence-electron chi connectivity index (χ0n) is 7.97. The minimum absolute atomic E-state index is 0.127. The number of benzene rings is 1. The molecule has 1 saturated carbocycles. The number of hydrogen-bond acceptors (Lipinski definition) is 1. The Morgan fingerprint density at radius 3 is 2.08 bits per heavy atom. The van der Waals surface area contributed by atoms with E-state index in [0.29, 0.717) is 0 Å². The first-order valence-electron chi connectivity index (χ1n) is 4.51. The van der Waals surface area contributed by atoms with Crippen molar-refractivity contribution in [2.45, 2.75) is 25.8 Å². The fourth-order valence-corrected chi connectivity index (χ4v) is 2.02. The summed E-state index contributed by atoms with van der Waals surface area (Å²) in [6, 6.07) is 7.86. The van der Waals surface area contributed by atoms with Crippen molar-refractivity contribution < 1.29 is 0 Å². The quantitative estimate of drug-likeness (QED) is 0.733. The summed E-state index contributed by atoms with van der Waals surface area (Å²) in [5, 5.41) is 0.769. The summed E-state index contributed by atoms with van der Waals surface area (Å²) in [7, 11) is 0. The fourth-order valence-electron chi connectivity index (χ4n) is 1.89. The van der Waals surface area contributed by atoms with E-state index in [0.717, 1.165) is 11.4 Å². The third-order valence-electron chi connectivity index (χ3n) is 3.16. The molecule has 0 aliphatic heterocycles. The highest BCUT2D eigenvalue weighted by Crippen LogP contribution is 2.60. The van der Waals surface area contributed by atoms with Crippen LogP contribution in [0, 0.1) is 5.41 Å². The molecular formula is C11H14ClN. The van der Waals surface area contributed by atoms with Crippen LogP contribution in [0.3, 0.4) is 0 Å². The van der Waals surface area contributed by atoms with Gasteiger partial charge in [0.2, 0.25) is 0 Å². The summed E-state index contributed by atoms with van der Waals surface area (Å²) in [6.45, 7) is 4.39. The lowest BCUT2D eigenvalue weighted by Gasteiger charge is -2.15. The fraction of sp³-hybridized carbons (Fsp3) is 0.455. The van der Waals surface area contributed by atoms with E-state index >= 15 is 0 Å². The van der Waals surface area contributed by atoms with Gasteiger partial charge in [-0.15, -0.1) is 0 Å². The molecule has 2 N–H and O–H groups in total. The maximum Gasteiger partial charge on any atom is 0.0468 e. The first-order valence-corrected chi connectivity index (χ1v) is 4.88. The highest BCUT2D eigenvalue weighted by molar-refractivity contribution is 6.30. The molecule has 2 heteroatoms. The molecule has 1 aromatic rings. The smallest absolute Gasteiger partial charge is 0.0468 e. The monoisotopic (exact) mass is 195 g/mol. The van der Waals surface area contributed by atoms with Crippen LogP contribution in [0.1, 0.15) is 25.8 Å². The largest absolute Gasteiger partial charge is 0.321 e. The van der Waals surface area contributed by atoms with Crippen molar-refractivity contribution >= 4 is 11.6 Å². The van der Waals surface area contributed by atoms with E-state index in [2.05, 4.69) is 13.8 Å². The van der Waals surface area contributed by atoms with Crippen LogP contribution in [0.2, 0.25) is 5.02 Å². The van der Waals surface area contributed by atoms with Crippen LogP contribution < -0.4 is 5.73 Å². The average molecular weight is 196 g/mol. The zero-order chi connectivity index (χ0) is 9.69. The molecule has 1 aliphatic carbocycles. The average Bonchev–Trinajstić information content (AvgIpc) is 2.53. The highest BCUT2D eigenvalue weighted by atomic mass is 35.5. The van der Waals surface area contributed by atoms with Gasteiger partial charge in [-0.2, -0.15) is 0 Å². The molecule has 0 heterocycles. The van der Waals surface area contributed by atoms with Gasteiger partial charge in [-0.25, -0.2) is 0 Å². The molecule has 0 amide bonds. The van der Waals surface area contributed by atoms with Crippen molar-refractivity contribution in [2.24, 2.45) is 11.1 Å². The summed E-state index contributed by atoms with van der Waals surface area (Å²) in [5.74, 6) is 0. The number of hydrogen-bond donors (Lipinski definition) is 1. The van der Waals surface area contributed by atoms with Crippen LogP contribution in [-0.4, -0.2) is 0 Å². The molecule has 1 nitrogen and oxygen atoms in total. The molecule has 0 radical (unpaired) electrons. The molecule has 1 atom stereocenters. The van der Waals surface area contributed by atoms with Crippen molar-refractivity contribution in [2.75, 3.05) is 0 Å². The summed E-state index contributed by atoms with van der Waals surface area (Å²) in [5.41, 5.74) is 7.56. The Morgan fingerprint density at radius 2 is 1.69 bits per heavy atom. The molecule has 70 valence electrons. The normalized spacial score (nSPS) is 30.2. The first kappa shape index (κ1) is 9.04. The van der Waals surface area contributed by atoms with Gasteiger partial charge < -0.3 is 5.73 Å². The van der Waals surface area contributed by atoms with E-state index in [4.69, 9.17) is 17.3 Å². The molecular weight excluding hydrogens is 182 g/mol. The van der Waals surface area contributed by atoms with Crippen LogP contribution in [-0.2, 0) is 5.54 Å². The molecule has 0 saturated heterocycles. The minimum Gasteiger partial charge on any atom is -0.321 e. The van der Waals surface area contributed by atoms with Crippen LogP contribution in [0.4, 0.5) is 0 Å². The maximum atomic E-state index is 6.25. The van der Waals surface area contributed by atoms with E-state index in [-0.39, 0.29) is 11.0 Å². The van der Waals surface area contributed by atoms with Gasteiger partial charge in [0.15, 0.2) is 0 Å². The summed E-state index contributed by atoms with van der Waals surface area (Å²) in [4.78, 5) is 0. The Hall–Kier alpha value is -0.530. The Morgan fingerprint density at radius 1 is 1.23 bits per heavy atom. The van der Waals surface area contributed by atoms with Crippen molar-refractivity contribution in [1.29, 1.82) is 0 Å². The van der Waals surface area contributed by atoms with Gasteiger partial charge in [-0.3, -0.25) is 0 Å². The summed E-state index contributed by atoms with van der Waals surface area (Å²) < 4.78 is 0. The maximum absolute atomic E-state index is 6.25. The lowest BCUT2D eigenvalue weighted by atomic mass is 9.97. The molecule has 0 aromatic heterocycles. The molecule has 1 aliphatic rings. The second-order valence-electron chi connectivity index (χ2n) is 4.54. The standard InChI is InChI=1S/C11H14ClN/c1-10(2)7-11(10,13)8-3-5-9(12)6-4-8/h3-6H,7,13H2,1-2H3. The predicted molar refractivity (Wildman–Crippen MR) is 55.7 cm³/mol. The number of nitrogens with two attached hydrogens (primary N) is 1. The molecule has 0 bridgehead atoms. The molecule has 1 unspecified atom stereocenters. The zero-order valence-corrected chi connectivity index (χ0v) is 8.73. The first-order chi connectivity index (χ1) is 5.96. The van der Waals surface area contributed by atoms with Crippen molar-refractivity contribution in [1.82, 2.24) is 0 Å².